The SMILES string of the molecule is CC(C)c1c(S(=O)(=O)O)c(C(C)C)c2ccccc2c1C(C)C. The van der Waals surface area contributed by atoms with E-state index in [-0.39, 0.29) is 22.6 Å². The summed E-state index contributed by atoms with van der Waals surface area (Å²) in [6, 6.07) is 7.90. The van der Waals surface area contributed by atoms with Gasteiger partial charge in [-0.05, 0) is 45.2 Å². The number of rotatable bonds is 4. The summed E-state index contributed by atoms with van der Waals surface area (Å²) in [7, 11) is -4.30. The quantitative estimate of drug-likeness (QED) is 0.756. The zero-order chi connectivity index (χ0) is 17.5. The van der Waals surface area contributed by atoms with Crippen molar-refractivity contribution >= 4 is 20.9 Å². The molecule has 126 valence electrons. The van der Waals surface area contributed by atoms with Crippen molar-refractivity contribution in [3.8, 4) is 0 Å². The molecule has 0 amide bonds. The Labute approximate surface area is 139 Å². The average molecular weight is 334 g/mol. The molecule has 2 aromatic rings. The molecule has 23 heavy (non-hydrogen) atoms. The zero-order valence-electron chi connectivity index (χ0n) is 14.7. The molecule has 0 spiro atoms. The predicted molar refractivity (Wildman–Crippen MR) is 96.0 cm³/mol. The molecule has 0 aliphatic carbocycles. The van der Waals surface area contributed by atoms with Gasteiger partial charge in [0.2, 0.25) is 0 Å². The summed E-state index contributed by atoms with van der Waals surface area (Å²) in [5.41, 5.74) is 2.49. The summed E-state index contributed by atoms with van der Waals surface area (Å²) in [5.74, 6) is 0.168. The molecule has 0 aliphatic heterocycles. The Hall–Kier alpha value is -1.39. The lowest BCUT2D eigenvalue weighted by Crippen LogP contribution is -2.14. The Morgan fingerprint density at radius 2 is 1.13 bits per heavy atom. The van der Waals surface area contributed by atoms with Crippen molar-refractivity contribution in [2.45, 2.75) is 64.2 Å². The molecule has 0 unspecified atom stereocenters. The monoisotopic (exact) mass is 334 g/mol. The molecular formula is C19H26O3S. The van der Waals surface area contributed by atoms with Crippen LogP contribution in [0.1, 0.15) is 76.0 Å². The minimum Gasteiger partial charge on any atom is -0.282 e. The highest BCUT2D eigenvalue weighted by molar-refractivity contribution is 7.86. The molecule has 0 bridgehead atoms. The molecule has 2 rings (SSSR count). The highest BCUT2D eigenvalue weighted by atomic mass is 32.2. The van der Waals surface area contributed by atoms with Gasteiger partial charge in [-0.15, -0.1) is 0 Å². The van der Waals surface area contributed by atoms with Gasteiger partial charge in [0.05, 0.1) is 0 Å². The summed E-state index contributed by atoms with van der Waals surface area (Å²) >= 11 is 0. The Kier molecular flexibility index (Phi) is 4.88. The second-order valence-corrected chi connectivity index (χ2v) is 8.41. The summed E-state index contributed by atoms with van der Waals surface area (Å²) in [5, 5.41) is 2.01. The molecule has 0 atom stereocenters. The van der Waals surface area contributed by atoms with Crippen LogP contribution in [0, 0.1) is 0 Å². The molecule has 0 saturated heterocycles. The van der Waals surface area contributed by atoms with E-state index in [9.17, 15) is 13.0 Å². The van der Waals surface area contributed by atoms with Gasteiger partial charge >= 0.3 is 0 Å². The van der Waals surface area contributed by atoms with Crippen molar-refractivity contribution in [3.05, 3.63) is 41.0 Å². The second-order valence-electron chi connectivity index (χ2n) is 7.05. The van der Waals surface area contributed by atoms with Crippen molar-refractivity contribution in [1.82, 2.24) is 0 Å². The molecule has 2 aromatic carbocycles. The lowest BCUT2D eigenvalue weighted by Gasteiger charge is -2.26. The van der Waals surface area contributed by atoms with Gasteiger partial charge in [0, 0.05) is 0 Å². The van der Waals surface area contributed by atoms with E-state index in [0.717, 1.165) is 27.5 Å². The molecule has 0 heterocycles. The van der Waals surface area contributed by atoms with Crippen LogP contribution in [-0.4, -0.2) is 13.0 Å². The molecule has 0 aliphatic rings. The third-order valence-corrected chi connectivity index (χ3v) is 5.23. The van der Waals surface area contributed by atoms with Crippen LogP contribution < -0.4 is 0 Å². The fourth-order valence-electron chi connectivity index (χ4n) is 3.53. The van der Waals surface area contributed by atoms with E-state index in [0.29, 0.717) is 0 Å². The van der Waals surface area contributed by atoms with Crippen molar-refractivity contribution in [1.29, 1.82) is 0 Å². The summed E-state index contributed by atoms with van der Waals surface area (Å²) in [6.45, 7) is 12.0. The third-order valence-electron chi connectivity index (χ3n) is 4.28. The Morgan fingerprint density at radius 1 is 0.739 bits per heavy atom. The first-order valence-corrected chi connectivity index (χ1v) is 9.57. The fourth-order valence-corrected chi connectivity index (χ4v) is 4.78. The Bertz CT molecular complexity index is 831. The van der Waals surface area contributed by atoms with Gasteiger partial charge < -0.3 is 0 Å². The second kappa shape index (κ2) is 6.25. The zero-order valence-corrected chi connectivity index (χ0v) is 15.5. The maximum absolute atomic E-state index is 12.3. The van der Waals surface area contributed by atoms with E-state index >= 15 is 0 Å². The first kappa shape index (κ1) is 18.0. The Balaban J connectivity index is 3.23. The molecule has 0 aromatic heterocycles. The maximum atomic E-state index is 12.3. The van der Waals surface area contributed by atoms with Crippen LogP contribution in [0.2, 0.25) is 0 Å². The summed E-state index contributed by atoms with van der Waals surface area (Å²) in [6.07, 6.45) is 0. The van der Waals surface area contributed by atoms with E-state index in [1.54, 1.807) is 0 Å². The van der Waals surface area contributed by atoms with Crippen LogP contribution >= 0.6 is 0 Å². The highest BCUT2D eigenvalue weighted by Gasteiger charge is 2.30. The third kappa shape index (κ3) is 3.15. The first-order valence-electron chi connectivity index (χ1n) is 8.13. The van der Waals surface area contributed by atoms with E-state index in [2.05, 4.69) is 19.9 Å². The van der Waals surface area contributed by atoms with Gasteiger partial charge in [0.1, 0.15) is 4.90 Å². The van der Waals surface area contributed by atoms with Crippen LogP contribution in [0.3, 0.4) is 0 Å². The van der Waals surface area contributed by atoms with Crippen molar-refractivity contribution in [3.63, 3.8) is 0 Å². The first-order chi connectivity index (χ1) is 10.6. The van der Waals surface area contributed by atoms with Gasteiger partial charge in [-0.2, -0.15) is 8.42 Å². The molecule has 4 heteroatoms. The number of benzene rings is 2. The molecule has 0 fully saturated rings. The van der Waals surface area contributed by atoms with Gasteiger partial charge in [-0.1, -0.05) is 65.8 Å². The number of fused-ring (bicyclic) bond motifs is 1. The normalized spacial score (nSPS) is 12.8. The molecular weight excluding hydrogens is 308 g/mol. The van der Waals surface area contributed by atoms with Crippen LogP contribution in [0.15, 0.2) is 29.2 Å². The lowest BCUT2D eigenvalue weighted by atomic mass is 9.82. The number of hydrogen-bond donors (Lipinski definition) is 1. The fraction of sp³-hybridized carbons (Fsp3) is 0.474. The van der Waals surface area contributed by atoms with E-state index in [4.69, 9.17) is 0 Å². The summed E-state index contributed by atoms with van der Waals surface area (Å²) < 4.78 is 34.5. The van der Waals surface area contributed by atoms with E-state index in [1.807, 2.05) is 45.9 Å². The lowest BCUT2D eigenvalue weighted by molar-refractivity contribution is 0.479. The van der Waals surface area contributed by atoms with Gasteiger partial charge in [0.15, 0.2) is 0 Å². The van der Waals surface area contributed by atoms with Gasteiger partial charge in [0.25, 0.3) is 10.1 Å². The molecule has 0 saturated carbocycles. The largest absolute Gasteiger partial charge is 0.295 e. The minimum absolute atomic E-state index is 0.00413. The standard InChI is InChI=1S/C19H26O3S/c1-11(2)16-14-9-7-8-10-15(14)17(12(3)4)19(23(20,21)22)18(16)13(5)6/h7-13H,1-6H3,(H,20,21,22). The maximum Gasteiger partial charge on any atom is 0.295 e. The van der Waals surface area contributed by atoms with E-state index < -0.39 is 10.1 Å². The van der Waals surface area contributed by atoms with Crippen molar-refractivity contribution in [2.75, 3.05) is 0 Å². The van der Waals surface area contributed by atoms with Gasteiger partial charge in [-0.3, -0.25) is 4.55 Å². The van der Waals surface area contributed by atoms with Crippen molar-refractivity contribution < 1.29 is 13.0 Å². The van der Waals surface area contributed by atoms with Crippen LogP contribution in [0.25, 0.3) is 10.8 Å². The smallest absolute Gasteiger partial charge is 0.282 e. The molecule has 3 nitrogen and oxygen atoms in total. The highest BCUT2D eigenvalue weighted by Crippen LogP contribution is 2.43. The topological polar surface area (TPSA) is 54.4 Å². The Morgan fingerprint density at radius 3 is 1.48 bits per heavy atom. The van der Waals surface area contributed by atoms with Crippen LogP contribution in [0.5, 0.6) is 0 Å². The van der Waals surface area contributed by atoms with Gasteiger partial charge in [-0.25, -0.2) is 0 Å². The molecule has 0 radical (unpaired) electrons. The minimum atomic E-state index is -4.30. The van der Waals surface area contributed by atoms with Crippen LogP contribution in [-0.2, 0) is 10.1 Å². The summed E-state index contributed by atoms with van der Waals surface area (Å²) in [4.78, 5) is 0.116. The number of hydrogen-bond acceptors (Lipinski definition) is 2. The molecule has 1 N–H and O–H groups in total. The average Bonchev–Trinajstić information content (AvgIpc) is 2.42. The van der Waals surface area contributed by atoms with Crippen LogP contribution in [0.4, 0.5) is 0 Å². The van der Waals surface area contributed by atoms with E-state index in [1.165, 1.54) is 0 Å². The predicted octanol–water partition coefficient (Wildman–Crippen LogP) is 5.46. The van der Waals surface area contributed by atoms with Crippen molar-refractivity contribution in [2.24, 2.45) is 0 Å².